The van der Waals surface area contributed by atoms with Gasteiger partial charge in [0.25, 0.3) is 0 Å². The summed E-state index contributed by atoms with van der Waals surface area (Å²) in [5.41, 5.74) is 4.77. The topological polar surface area (TPSA) is 34.5 Å². The van der Waals surface area contributed by atoms with Crippen LogP contribution in [0.15, 0.2) is 48.5 Å². The molecule has 5 rings (SSSR count). The summed E-state index contributed by atoms with van der Waals surface area (Å²) in [6, 6.07) is 16.4. The number of aromatic nitrogens is 1. The number of carbonyl (C=O) groups is 1. The molecule has 0 radical (unpaired) electrons. The average Bonchev–Trinajstić information content (AvgIpc) is 3.16. The van der Waals surface area contributed by atoms with Gasteiger partial charge in [0.15, 0.2) is 0 Å². The van der Waals surface area contributed by atoms with Gasteiger partial charge in [0.05, 0.1) is 12.7 Å². The molecule has 0 atom stereocenters. The Morgan fingerprint density at radius 3 is 2.42 bits per heavy atom. The zero-order valence-corrected chi connectivity index (χ0v) is 21.8. The van der Waals surface area contributed by atoms with Crippen LogP contribution >= 0.6 is 0 Å². The van der Waals surface area contributed by atoms with Crippen molar-refractivity contribution in [3.8, 4) is 0 Å². The molecule has 2 fully saturated rings. The van der Waals surface area contributed by atoms with Crippen molar-refractivity contribution < 1.29 is 13.9 Å². The number of halogens is 1. The maximum Gasteiger partial charge on any atom is 0.337 e. The molecule has 3 aromatic rings. The van der Waals surface area contributed by atoms with Gasteiger partial charge in [-0.3, -0.25) is 0 Å². The van der Waals surface area contributed by atoms with Crippen LogP contribution in [-0.2, 0) is 17.7 Å². The highest BCUT2D eigenvalue weighted by Gasteiger charge is 2.35. The number of esters is 1. The summed E-state index contributed by atoms with van der Waals surface area (Å²) in [4.78, 5) is 14.2. The molecule has 0 unspecified atom stereocenters. The molecular weight excluding hydrogens is 451 g/mol. The maximum absolute atomic E-state index is 15.2. The summed E-state index contributed by atoms with van der Waals surface area (Å²) < 4.78 is 22.6. The third kappa shape index (κ3) is 5.36. The molecule has 1 aliphatic heterocycles. The first-order valence-corrected chi connectivity index (χ1v) is 13.6. The number of carbonyl (C=O) groups excluding carboxylic acids is 1. The van der Waals surface area contributed by atoms with Crippen molar-refractivity contribution in [3.63, 3.8) is 0 Å². The van der Waals surface area contributed by atoms with Crippen LogP contribution in [-0.4, -0.2) is 47.8 Å². The minimum absolute atomic E-state index is 0.305. The molecule has 2 aliphatic rings. The molecule has 1 saturated carbocycles. The van der Waals surface area contributed by atoms with Gasteiger partial charge in [-0.1, -0.05) is 49.6 Å². The quantitative estimate of drug-likeness (QED) is 0.345. The van der Waals surface area contributed by atoms with Gasteiger partial charge in [0.2, 0.25) is 0 Å². The van der Waals surface area contributed by atoms with Crippen LogP contribution in [0, 0.1) is 12.8 Å². The summed E-state index contributed by atoms with van der Waals surface area (Å²) in [6.07, 6.45) is 7.87. The van der Waals surface area contributed by atoms with E-state index in [9.17, 15) is 4.79 Å². The number of fused-ring (bicyclic) bond motifs is 1. The predicted molar refractivity (Wildman–Crippen MR) is 143 cm³/mol. The van der Waals surface area contributed by atoms with Gasteiger partial charge >= 0.3 is 5.97 Å². The van der Waals surface area contributed by atoms with Crippen molar-refractivity contribution in [1.29, 1.82) is 0 Å². The number of alkyl halides is 1. The number of piperidine rings is 1. The predicted octanol–water partition coefficient (Wildman–Crippen LogP) is 6.71. The second kappa shape index (κ2) is 10.8. The Bertz CT molecular complexity index is 1190. The second-order valence-electron chi connectivity index (χ2n) is 11.0. The van der Waals surface area contributed by atoms with E-state index in [1.54, 1.807) is 0 Å². The molecule has 4 nitrogen and oxygen atoms in total. The zero-order chi connectivity index (χ0) is 25.1. The lowest BCUT2D eigenvalue weighted by Crippen LogP contribution is -2.45. The highest BCUT2D eigenvalue weighted by Crippen LogP contribution is 2.34. The van der Waals surface area contributed by atoms with E-state index >= 15 is 4.39 Å². The second-order valence-corrected chi connectivity index (χ2v) is 11.0. The van der Waals surface area contributed by atoms with E-state index in [1.807, 2.05) is 24.3 Å². The zero-order valence-electron chi connectivity index (χ0n) is 21.8. The first-order valence-electron chi connectivity index (χ1n) is 13.6. The third-order valence-corrected chi connectivity index (χ3v) is 8.52. The normalized spacial score (nSPS) is 19.0. The standard InChI is InChI=1S/C31H39FN2O2/c1-23-28(20-24-10-12-26(13-11-24)30(35)36-2)27-8-4-5-9-29(27)34(23)21-25-14-18-33(19-15-25)22-31(32)16-6-3-7-17-31/h4-5,8-13,25H,3,6-7,14-22H2,1-2H3. The summed E-state index contributed by atoms with van der Waals surface area (Å²) in [6.45, 7) is 5.90. The van der Waals surface area contributed by atoms with Crippen LogP contribution in [0.4, 0.5) is 4.39 Å². The molecule has 1 aromatic heterocycles. The largest absolute Gasteiger partial charge is 0.465 e. The smallest absolute Gasteiger partial charge is 0.337 e. The minimum atomic E-state index is -0.956. The van der Waals surface area contributed by atoms with E-state index in [0.29, 0.717) is 18.0 Å². The van der Waals surface area contributed by atoms with E-state index in [0.717, 1.165) is 64.6 Å². The molecule has 36 heavy (non-hydrogen) atoms. The number of benzene rings is 2. The Hall–Kier alpha value is -2.66. The molecular formula is C31H39FN2O2. The first kappa shape index (κ1) is 25.0. The Morgan fingerprint density at radius 2 is 1.72 bits per heavy atom. The van der Waals surface area contributed by atoms with E-state index in [2.05, 4.69) is 40.7 Å². The summed E-state index contributed by atoms with van der Waals surface area (Å²) in [7, 11) is 1.41. The molecule has 0 spiro atoms. The fraction of sp³-hybridized carbons (Fsp3) is 0.516. The Balaban J connectivity index is 1.28. The number of ether oxygens (including phenoxy) is 1. The molecule has 0 amide bonds. The molecule has 0 N–H and O–H groups in total. The van der Waals surface area contributed by atoms with Crippen LogP contribution in [0.25, 0.3) is 10.9 Å². The van der Waals surface area contributed by atoms with Gasteiger partial charge in [-0.25, -0.2) is 9.18 Å². The molecule has 1 aliphatic carbocycles. The monoisotopic (exact) mass is 490 g/mol. The number of methoxy groups -OCH3 is 1. The Labute approximate surface area is 214 Å². The number of nitrogens with zero attached hydrogens (tertiary/aromatic N) is 2. The molecule has 1 saturated heterocycles. The maximum atomic E-state index is 15.2. The van der Waals surface area contributed by atoms with Gasteiger partial charge in [0.1, 0.15) is 5.67 Å². The van der Waals surface area contributed by atoms with Crippen molar-refractivity contribution in [2.24, 2.45) is 5.92 Å². The van der Waals surface area contributed by atoms with Crippen molar-refractivity contribution in [2.75, 3.05) is 26.7 Å². The number of likely N-dealkylation sites (tertiary alicyclic amines) is 1. The van der Waals surface area contributed by atoms with Crippen molar-refractivity contribution in [3.05, 3.63) is 70.9 Å². The lowest BCUT2D eigenvalue weighted by Gasteiger charge is -2.38. The highest BCUT2D eigenvalue weighted by atomic mass is 19.1. The molecule has 2 aromatic carbocycles. The fourth-order valence-corrected chi connectivity index (χ4v) is 6.37. The van der Waals surface area contributed by atoms with Crippen LogP contribution in [0.5, 0.6) is 0 Å². The molecule has 5 heteroatoms. The SMILES string of the molecule is COC(=O)c1ccc(Cc2c(C)n(CC3CCN(CC4(F)CCCCC4)CC3)c3ccccc23)cc1. The van der Waals surface area contributed by atoms with Crippen molar-refractivity contribution in [2.45, 2.75) is 70.5 Å². The van der Waals surface area contributed by atoms with Crippen LogP contribution in [0.3, 0.4) is 0 Å². The average molecular weight is 491 g/mol. The third-order valence-electron chi connectivity index (χ3n) is 8.52. The number of hydrogen-bond acceptors (Lipinski definition) is 3. The van der Waals surface area contributed by atoms with E-state index in [4.69, 9.17) is 4.74 Å². The van der Waals surface area contributed by atoms with E-state index in [1.165, 1.54) is 41.3 Å². The Kier molecular flexibility index (Phi) is 7.47. The highest BCUT2D eigenvalue weighted by molar-refractivity contribution is 5.89. The minimum Gasteiger partial charge on any atom is -0.465 e. The molecule has 2 heterocycles. The molecule has 0 bridgehead atoms. The number of para-hydroxylation sites is 1. The van der Waals surface area contributed by atoms with Gasteiger partial charge in [-0.15, -0.1) is 0 Å². The summed E-state index contributed by atoms with van der Waals surface area (Å²) in [5, 5.41) is 1.31. The van der Waals surface area contributed by atoms with E-state index < -0.39 is 5.67 Å². The first-order chi connectivity index (χ1) is 17.5. The van der Waals surface area contributed by atoms with Gasteiger partial charge in [0, 0.05) is 29.7 Å². The Morgan fingerprint density at radius 1 is 1.03 bits per heavy atom. The summed E-state index contributed by atoms with van der Waals surface area (Å²) in [5.74, 6) is 0.311. The van der Waals surface area contributed by atoms with Crippen LogP contribution in [0.2, 0.25) is 0 Å². The van der Waals surface area contributed by atoms with Gasteiger partial charge < -0.3 is 14.2 Å². The lowest BCUT2D eigenvalue weighted by molar-refractivity contribution is 0.0394. The van der Waals surface area contributed by atoms with Gasteiger partial charge in [-0.2, -0.15) is 0 Å². The number of rotatable bonds is 7. The molecule has 192 valence electrons. The summed E-state index contributed by atoms with van der Waals surface area (Å²) >= 11 is 0. The lowest BCUT2D eigenvalue weighted by atomic mass is 9.85. The van der Waals surface area contributed by atoms with Crippen LogP contribution in [0.1, 0.15) is 72.1 Å². The number of hydrogen-bond donors (Lipinski definition) is 0. The van der Waals surface area contributed by atoms with Crippen molar-refractivity contribution >= 4 is 16.9 Å². The van der Waals surface area contributed by atoms with E-state index in [-0.39, 0.29) is 5.97 Å². The van der Waals surface area contributed by atoms with Crippen molar-refractivity contribution in [1.82, 2.24) is 9.47 Å². The van der Waals surface area contributed by atoms with Gasteiger partial charge in [-0.05, 0) is 87.4 Å². The fourth-order valence-electron chi connectivity index (χ4n) is 6.37. The van der Waals surface area contributed by atoms with Crippen LogP contribution < -0.4 is 0 Å².